The molecule has 0 amide bonds. The summed E-state index contributed by atoms with van der Waals surface area (Å²) in [4.78, 5) is 8.72. The lowest BCUT2D eigenvalue weighted by atomic mass is 10.1. The van der Waals surface area contributed by atoms with Crippen molar-refractivity contribution in [2.75, 3.05) is 0 Å². The van der Waals surface area contributed by atoms with E-state index in [-0.39, 0.29) is 0 Å². The summed E-state index contributed by atoms with van der Waals surface area (Å²) < 4.78 is 0. The third kappa shape index (κ3) is 3.53. The Hall–Kier alpha value is -1.41. The van der Waals surface area contributed by atoms with Gasteiger partial charge in [0.1, 0.15) is 11.0 Å². The molecular weight excluding hydrogens is 232 g/mol. The van der Waals surface area contributed by atoms with E-state index in [2.05, 4.69) is 29.0 Å². The topological polar surface area (TPSA) is 25.8 Å². The van der Waals surface area contributed by atoms with Crippen molar-refractivity contribution in [1.82, 2.24) is 9.97 Å². The van der Waals surface area contributed by atoms with Crippen LogP contribution in [0.5, 0.6) is 0 Å². The molecule has 0 saturated heterocycles. The first kappa shape index (κ1) is 12.1. The van der Waals surface area contributed by atoms with Crippen molar-refractivity contribution < 1.29 is 0 Å². The molecule has 88 valence electrons. The number of nitrogens with zero attached hydrogens (tertiary/aromatic N) is 2. The van der Waals surface area contributed by atoms with Crippen LogP contribution in [-0.2, 0) is 19.3 Å². The molecule has 0 atom stereocenters. The monoisotopic (exact) mass is 246 g/mol. The smallest absolute Gasteiger partial charge is 0.133 e. The van der Waals surface area contributed by atoms with Gasteiger partial charge in [-0.25, -0.2) is 9.97 Å². The average molecular weight is 247 g/mol. The maximum Gasteiger partial charge on any atom is 0.133 e. The van der Waals surface area contributed by atoms with Gasteiger partial charge in [0.15, 0.2) is 0 Å². The molecule has 3 heteroatoms. The summed E-state index contributed by atoms with van der Waals surface area (Å²) >= 11 is 5.96. The van der Waals surface area contributed by atoms with Crippen LogP contribution in [0.4, 0.5) is 0 Å². The van der Waals surface area contributed by atoms with E-state index < -0.39 is 0 Å². The number of hydrogen-bond donors (Lipinski definition) is 0. The Bertz CT molecular complexity index is 483. The normalized spacial score (nSPS) is 10.5. The van der Waals surface area contributed by atoms with Gasteiger partial charge in [-0.05, 0) is 24.5 Å². The van der Waals surface area contributed by atoms with E-state index >= 15 is 0 Å². The molecule has 0 fully saturated rings. The van der Waals surface area contributed by atoms with Crippen LogP contribution in [0.25, 0.3) is 0 Å². The van der Waals surface area contributed by atoms with Crippen LogP contribution < -0.4 is 0 Å². The van der Waals surface area contributed by atoms with Crippen molar-refractivity contribution in [2.24, 2.45) is 0 Å². The van der Waals surface area contributed by atoms with E-state index in [0.717, 1.165) is 30.8 Å². The van der Waals surface area contributed by atoms with Gasteiger partial charge in [-0.3, -0.25) is 0 Å². The summed E-state index contributed by atoms with van der Waals surface area (Å²) in [7, 11) is 0. The minimum atomic E-state index is 0.542. The molecule has 1 aromatic heterocycles. The summed E-state index contributed by atoms with van der Waals surface area (Å²) in [5.41, 5.74) is 2.31. The van der Waals surface area contributed by atoms with Crippen LogP contribution in [0.3, 0.4) is 0 Å². The molecule has 0 aliphatic carbocycles. The molecule has 0 unspecified atom stereocenters. The highest BCUT2D eigenvalue weighted by atomic mass is 35.5. The maximum atomic E-state index is 5.96. The summed E-state index contributed by atoms with van der Waals surface area (Å²) in [5.74, 6) is 0.832. The number of rotatable bonds is 4. The summed E-state index contributed by atoms with van der Waals surface area (Å²) in [5, 5.41) is 0.542. The first-order valence-corrected chi connectivity index (χ1v) is 6.22. The van der Waals surface area contributed by atoms with Gasteiger partial charge in [-0.2, -0.15) is 0 Å². The molecule has 17 heavy (non-hydrogen) atoms. The van der Waals surface area contributed by atoms with E-state index in [9.17, 15) is 0 Å². The zero-order chi connectivity index (χ0) is 12.1. The Balaban J connectivity index is 2.06. The summed E-state index contributed by atoms with van der Waals surface area (Å²) in [6, 6.07) is 12.2. The lowest BCUT2D eigenvalue weighted by Gasteiger charge is -2.03. The molecule has 0 saturated carbocycles. The third-order valence-electron chi connectivity index (χ3n) is 2.64. The number of aryl methyl sites for hydroxylation is 3. The van der Waals surface area contributed by atoms with Crippen molar-refractivity contribution >= 4 is 11.6 Å². The molecule has 0 spiro atoms. The highest BCUT2D eigenvalue weighted by Crippen LogP contribution is 2.10. The van der Waals surface area contributed by atoms with Crippen LogP contribution in [0.2, 0.25) is 5.15 Å². The fraction of sp³-hybridized carbons (Fsp3) is 0.286. The van der Waals surface area contributed by atoms with E-state index in [1.54, 1.807) is 0 Å². The quantitative estimate of drug-likeness (QED) is 0.772. The van der Waals surface area contributed by atoms with E-state index in [4.69, 9.17) is 11.6 Å². The highest BCUT2D eigenvalue weighted by molar-refractivity contribution is 6.29. The van der Waals surface area contributed by atoms with Gasteiger partial charge < -0.3 is 0 Å². The predicted molar refractivity (Wildman–Crippen MR) is 70.3 cm³/mol. The minimum absolute atomic E-state index is 0.542. The second kappa shape index (κ2) is 5.78. The highest BCUT2D eigenvalue weighted by Gasteiger charge is 2.02. The van der Waals surface area contributed by atoms with Crippen LogP contribution in [0.1, 0.15) is 24.0 Å². The lowest BCUT2D eigenvalue weighted by molar-refractivity contribution is 0.832. The minimum Gasteiger partial charge on any atom is -0.238 e. The Kier molecular flexibility index (Phi) is 4.10. The lowest BCUT2D eigenvalue weighted by Crippen LogP contribution is -2.01. The van der Waals surface area contributed by atoms with Crippen molar-refractivity contribution in [3.05, 3.63) is 58.6 Å². The predicted octanol–water partition coefficient (Wildman–Crippen LogP) is 3.48. The zero-order valence-electron chi connectivity index (χ0n) is 9.86. The molecular formula is C14H15ClN2. The number of halogens is 1. The summed E-state index contributed by atoms with van der Waals surface area (Å²) in [6.45, 7) is 2.07. The second-order valence-electron chi connectivity index (χ2n) is 3.94. The first-order valence-electron chi connectivity index (χ1n) is 5.84. The third-order valence-corrected chi connectivity index (χ3v) is 2.83. The van der Waals surface area contributed by atoms with Gasteiger partial charge in [0.2, 0.25) is 0 Å². The van der Waals surface area contributed by atoms with Crippen molar-refractivity contribution in [1.29, 1.82) is 0 Å². The van der Waals surface area contributed by atoms with Crippen molar-refractivity contribution in [3.8, 4) is 0 Å². The van der Waals surface area contributed by atoms with Gasteiger partial charge in [0.05, 0.1) is 0 Å². The van der Waals surface area contributed by atoms with Gasteiger partial charge in [-0.15, -0.1) is 0 Å². The van der Waals surface area contributed by atoms with Crippen molar-refractivity contribution in [2.45, 2.75) is 26.2 Å². The zero-order valence-corrected chi connectivity index (χ0v) is 10.6. The number of benzene rings is 1. The Labute approximate surface area is 107 Å². The van der Waals surface area contributed by atoms with E-state index in [0.29, 0.717) is 5.15 Å². The van der Waals surface area contributed by atoms with Crippen molar-refractivity contribution in [3.63, 3.8) is 0 Å². The molecule has 0 aliphatic heterocycles. The molecule has 1 heterocycles. The molecule has 0 aliphatic rings. The standard InChI is InChI=1S/C14H15ClN2/c1-2-12-10-13(15)17-14(16-12)9-8-11-6-4-3-5-7-11/h3-7,10H,2,8-9H2,1H3. The SMILES string of the molecule is CCc1cc(Cl)nc(CCc2ccccc2)n1. The largest absolute Gasteiger partial charge is 0.238 e. The fourth-order valence-electron chi connectivity index (χ4n) is 1.71. The maximum absolute atomic E-state index is 5.96. The first-order chi connectivity index (χ1) is 8.28. The molecule has 1 aromatic carbocycles. The molecule has 0 bridgehead atoms. The Morgan fingerprint density at radius 3 is 2.53 bits per heavy atom. The van der Waals surface area contributed by atoms with Gasteiger partial charge in [0.25, 0.3) is 0 Å². The molecule has 0 radical (unpaired) electrons. The molecule has 0 N–H and O–H groups in total. The average Bonchev–Trinajstić information content (AvgIpc) is 2.37. The second-order valence-corrected chi connectivity index (χ2v) is 4.32. The van der Waals surface area contributed by atoms with Gasteiger partial charge >= 0.3 is 0 Å². The Morgan fingerprint density at radius 2 is 1.82 bits per heavy atom. The van der Waals surface area contributed by atoms with Crippen LogP contribution in [-0.4, -0.2) is 9.97 Å². The van der Waals surface area contributed by atoms with Crippen LogP contribution >= 0.6 is 11.6 Å². The fourth-order valence-corrected chi connectivity index (χ4v) is 1.93. The van der Waals surface area contributed by atoms with Gasteiger partial charge in [-0.1, -0.05) is 48.9 Å². The summed E-state index contributed by atoms with van der Waals surface area (Å²) in [6.07, 6.45) is 2.67. The van der Waals surface area contributed by atoms with E-state index in [1.807, 2.05) is 24.3 Å². The van der Waals surface area contributed by atoms with Gasteiger partial charge in [0, 0.05) is 12.1 Å². The molecule has 2 aromatic rings. The van der Waals surface area contributed by atoms with Crippen LogP contribution in [0.15, 0.2) is 36.4 Å². The van der Waals surface area contributed by atoms with Crippen LogP contribution in [0, 0.1) is 0 Å². The number of hydrogen-bond acceptors (Lipinski definition) is 2. The Morgan fingerprint density at radius 1 is 1.06 bits per heavy atom. The molecule has 2 rings (SSSR count). The number of aromatic nitrogens is 2. The van der Waals surface area contributed by atoms with E-state index in [1.165, 1.54) is 5.56 Å². The molecule has 2 nitrogen and oxygen atoms in total.